The molecule has 0 bridgehead atoms. The Morgan fingerprint density at radius 3 is 2.24 bits per heavy atom. The lowest BCUT2D eigenvalue weighted by Gasteiger charge is -2.14. The molecule has 1 unspecified atom stereocenters. The minimum absolute atomic E-state index is 0.00348. The number of alkyl carbamates (subject to hydrolysis) is 1. The van der Waals surface area contributed by atoms with Crippen molar-refractivity contribution in [2.45, 2.75) is 31.3 Å². The zero-order valence-corrected chi connectivity index (χ0v) is 18.3. The van der Waals surface area contributed by atoms with Crippen molar-refractivity contribution in [3.63, 3.8) is 0 Å². The van der Waals surface area contributed by atoms with Gasteiger partial charge >= 0.3 is 12.1 Å². The summed E-state index contributed by atoms with van der Waals surface area (Å²) in [5.74, 6) is -1.36. The van der Waals surface area contributed by atoms with Crippen LogP contribution in [-0.2, 0) is 16.1 Å². The molecule has 1 atom stereocenters. The minimum Gasteiger partial charge on any atom is -0.480 e. The maximum atomic E-state index is 12.3. The van der Waals surface area contributed by atoms with Gasteiger partial charge in [-0.3, -0.25) is 4.79 Å². The highest BCUT2D eigenvalue weighted by Crippen LogP contribution is 2.44. The second-order valence-corrected chi connectivity index (χ2v) is 8.57. The van der Waals surface area contributed by atoms with E-state index >= 15 is 0 Å². The number of carboxylic acids is 1. The number of furan rings is 1. The van der Waals surface area contributed by atoms with Gasteiger partial charge in [-0.15, -0.1) is 0 Å². The molecule has 1 heterocycles. The van der Waals surface area contributed by atoms with E-state index in [2.05, 4.69) is 34.9 Å². The first-order valence-electron chi connectivity index (χ1n) is 11.2. The monoisotopic (exact) mass is 460 g/mol. The van der Waals surface area contributed by atoms with Gasteiger partial charge in [0.2, 0.25) is 0 Å². The van der Waals surface area contributed by atoms with E-state index in [1.807, 2.05) is 24.3 Å². The Morgan fingerprint density at radius 2 is 1.62 bits per heavy atom. The van der Waals surface area contributed by atoms with Crippen LogP contribution in [0.15, 0.2) is 65.1 Å². The summed E-state index contributed by atoms with van der Waals surface area (Å²) in [5.41, 5.74) is 4.56. The lowest BCUT2D eigenvalue weighted by atomic mass is 9.98. The SMILES string of the molecule is O=C(NCc1ccc(C(=O)NC(C(=O)O)C2CC2)o1)OCC1c2ccccc2-c2ccccc21. The maximum absolute atomic E-state index is 12.3. The predicted octanol–water partition coefficient (Wildman–Crippen LogP) is 3.91. The standard InChI is InChI=1S/C26H24N2O6/c29-24(28-23(25(30)31)15-9-10-15)22-12-11-16(34-22)13-27-26(32)33-14-21-19-7-3-1-5-17(19)18-6-2-4-8-20(18)21/h1-8,11-12,15,21,23H,9-10,13-14H2,(H,27,32)(H,28,29)(H,30,31). The summed E-state index contributed by atoms with van der Waals surface area (Å²) in [5, 5.41) is 14.4. The van der Waals surface area contributed by atoms with Gasteiger partial charge in [-0.1, -0.05) is 48.5 Å². The van der Waals surface area contributed by atoms with Crippen LogP contribution in [0.25, 0.3) is 11.1 Å². The number of carboxylic acid groups (broad SMARTS) is 1. The third-order valence-corrected chi connectivity index (χ3v) is 6.28. The molecule has 5 rings (SSSR count). The van der Waals surface area contributed by atoms with E-state index in [-0.39, 0.29) is 30.7 Å². The van der Waals surface area contributed by atoms with E-state index in [4.69, 9.17) is 9.15 Å². The summed E-state index contributed by atoms with van der Waals surface area (Å²) in [6, 6.07) is 18.3. The molecule has 8 heteroatoms. The molecule has 174 valence electrons. The first-order valence-corrected chi connectivity index (χ1v) is 11.2. The Bertz CT molecular complexity index is 1200. The van der Waals surface area contributed by atoms with E-state index < -0.39 is 24.0 Å². The second kappa shape index (κ2) is 9.05. The van der Waals surface area contributed by atoms with E-state index in [0.717, 1.165) is 35.1 Å². The summed E-state index contributed by atoms with van der Waals surface area (Å²) < 4.78 is 11.0. The van der Waals surface area contributed by atoms with Crippen LogP contribution in [0.3, 0.4) is 0 Å². The summed E-state index contributed by atoms with van der Waals surface area (Å²) >= 11 is 0. The normalized spacial score (nSPS) is 15.2. The van der Waals surface area contributed by atoms with Gasteiger partial charge in [-0.05, 0) is 53.1 Å². The van der Waals surface area contributed by atoms with Crippen LogP contribution < -0.4 is 10.6 Å². The number of carbonyl (C=O) groups excluding carboxylic acids is 2. The lowest BCUT2D eigenvalue weighted by molar-refractivity contribution is -0.139. The zero-order valence-electron chi connectivity index (χ0n) is 18.3. The van der Waals surface area contributed by atoms with Crippen molar-refractivity contribution in [3.8, 4) is 11.1 Å². The first-order chi connectivity index (χ1) is 16.5. The van der Waals surface area contributed by atoms with Crippen molar-refractivity contribution in [2.24, 2.45) is 5.92 Å². The molecule has 0 radical (unpaired) electrons. The van der Waals surface area contributed by atoms with E-state index in [9.17, 15) is 19.5 Å². The summed E-state index contributed by atoms with van der Waals surface area (Å²) in [7, 11) is 0. The topological polar surface area (TPSA) is 118 Å². The number of carbonyl (C=O) groups is 3. The molecule has 3 N–H and O–H groups in total. The number of nitrogens with one attached hydrogen (secondary N) is 2. The quantitative estimate of drug-likeness (QED) is 0.469. The Morgan fingerprint density at radius 1 is 0.971 bits per heavy atom. The highest BCUT2D eigenvalue weighted by molar-refractivity contribution is 5.94. The lowest BCUT2D eigenvalue weighted by Crippen LogP contribution is -2.42. The highest BCUT2D eigenvalue weighted by atomic mass is 16.5. The third-order valence-electron chi connectivity index (χ3n) is 6.28. The fourth-order valence-electron chi connectivity index (χ4n) is 4.43. The number of fused-ring (bicyclic) bond motifs is 3. The van der Waals surface area contributed by atoms with Gasteiger partial charge in [0, 0.05) is 5.92 Å². The number of amides is 2. The Kier molecular flexibility index (Phi) is 5.79. The average molecular weight is 460 g/mol. The number of hydrogen-bond donors (Lipinski definition) is 3. The summed E-state index contributed by atoms with van der Waals surface area (Å²) in [4.78, 5) is 36.0. The Labute approximate surface area is 195 Å². The van der Waals surface area contributed by atoms with Crippen molar-refractivity contribution in [2.75, 3.05) is 6.61 Å². The summed E-state index contributed by atoms with van der Waals surface area (Å²) in [6.07, 6.45) is 0.971. The van der Waals surface area contributed by atoms with Crippen molar-refractivity contribution in [1.29, 1.82) is 0 Å². The molecule has 2 aliphatic carbocycles. The molecule has 0 saturated heterocycles. The molecule has 34 heavy (non-hydrogen) atoms. The number of hydrogen-bond acceptors (Lipinski definition) is 5. The smallest absolute Gasteiger partial charge is 0.407 e. The second-order valence-electron chi connectivity index (χ2n) is 8.57. The van der Waals surface area contributed by atoms with Crippen LogP contribution >= 0.6 is 0 Å². The van der Waals surface area contributed by atoms with E-state index in [1.165, 1.54) is 6.07 Å². The molecule has 8 nitrogen and oxygen atoms in total. The van der Waals surface area contributed by atoms with Gasteiger partial charge in [0.05, 0.1) is 6.54 Å². The predicted molar refractivity (Wildman–Crippen MR) is 122 cm³/mol. The maximum Gasteiger partial charge on any atom is 0.407 e. The molecule has 2 aliphatic rings. The first kappa shape index (κ1) is 21.8. The molecule has 2 amide bonds. The van der Waals surface area contributed by atoms with Crippen LogP contribution in [-0.4, -0.2) is 35.7 Å². The Balaban J connectivity index is 1.15. The van der Waals surface area contributed by atoms with Crippen molar-refractivity contribution < 1.29 is 28.6 Å². The molecule has 0 aliphatic heterocycles. The van der Waals surface area contributed by atoms with Gasteiger partial charge < -0.3 is 24.9 Å². The molecular weight excluding hydrogens is 436 g/mol. The molecule has 2 aromatic carbocycles. The van der Waals surface area contributed by atoms with E-state index in [0.29, 0.717) is 5.76 Å². The molecule has 1 fully saturated rings. The van der Waals surface area contributed by atoms with Gasteiger partial charge in [0.15, 0.2) is 5.76 Å². The molecule has 1 saturated carbocycles. The van der Waals surface area contributed by atoms with Crippen LogP contribution in [0.5, 0.6) is 0 Å². The van der Waals surface area contributed by atoms with Gasteiger partial charge in [-0.25, -0.2) is 9.59 Å². The van der Waals surface area contributed by atoms with Crippen LogP contribution in [0.2, 0.25) is 0 Å². The summed E-state index contributed by atoms with van der Waals surface area (Å²) in [6.45, 7) is 0.234. The van der Waals surface area contributed by atoms with Gasteiger partial charge in [0.25, 0.3) is 5.91 Å². The van der Waals surface area contributed by atoms with E-state index in [1.54, 1.807) is 6.07 Å². The van der Waals surface area contributed by atoms with Crippen LogP contribution in [0.4, 0.5) is 4.79 Å². The van der Waals surface area contributed by atoms with Crippen molar-refractivity contribution in [1.82, 2.24) is 10.6 Å². The third kappa shape index (κ3) is 4.39. The molecule has 0 spiro atoms. The van der Waals surface area contributed by atoms with Gasteiger partial charge in [-0.2, -0.15) is 0 Å². The van der Waals surface area contributed by atoms with Crippen molar-refractivity contribution >= 4 is 18.0 Å². The minimum atomic E-state index is -1.06. The highest BCUT2D eigenvalue weighted by Gasteiger charge is 2.37. The molecule has 1 aromatic heterocycles. The molecular formula is C26H24N2O6. The van der Waals surface area contributed by atoms with Crippen LogP contribution in [0.1, 0.15) is 46.2 Å². The van der Waals surface area contributed by atoms with Crippen molar-refractivity contribution in [3.05, 3.63) is 83.3 Å². The zero-order chi connectivity index (χ0) is 23.7. The largest absolute Gasteiger partial charge is 0.480 e. The molecule has 3 aromatic rings. The number of rotatable bonds is 8. The fraction of sp³-hybridized carbons (Fsp3) is 0.269. The Hall–Kier alpha value is -4.07. The fourth-order valence-corrected chi connectivity index (χ4v) is 4.43. The van der Waals surface area contributed by atoms with Gasteiger partial charge in [0.1, 0.15) is 18.4 Å². The number of benzene rings is 2. The number of ether oxygens (including phenoxy) is 1. The van der Waals surface area contributed by atoms with Crippen LogP contribution in [0, 0.1) is 5.92 Å². The number of aliphatic carboxylic acids is 1. The average Bonchev–Trinajstić information content (AvgIpc) is 3.48.